The molecule has 0 aliphatic carbocycles. The molecule has 28 heavy (non-hydrogen) atoms. The lowest BCUT2D eigenvalue weighted by Crippen LogP contribution is -2.46. The molecule has 2 aromatic heterocycles. The third kappa shape index (κ3) is 4.66. The van der Waals surface area contributed by atoms with Gasteiger partial charge in [0.25, 0.3) is 0 Å². The van der Waals surface area contributed by atoms with Crippen LogP contribution in [0.4, 0.5) is 5.82 Å². The highest BCUT2D eigenvalue weighted by molar-refractivity contribution is 9.10. The second kappa shape index (κ2) is 8.66. The first-order chi connectivity index (χ1) is 13.7. The van der Waals surface area contributed by atoms with Crippen molar-refractivity contribution in [3.8, 4) is 5.88 Å². The molecule has 146 valence electrons. The maximum absolute atomic E-state index is 5.41. The van der Waals surface area contributed by atoms with Crippen molar-refractivity contribution in [3.63, 3.8) is 0 Å². The Morgan fingerprint density at radius 3 is 2.61 bits per heavy atom. The standard InChI is InChI=1S/C19H21BrN6O2/c1-27-19-12-21-11-17(23-19)26-8-6-25(7-9-26)13-16-22-18(28-24-16)10-14-2-4-15(20)5-3-14/h2-5,11-12H,6-10,13H2,1H3. The molecule has 0 amide bonds. The number of nitrogens with zero attached hydrogens (tertiary/aromatic N) is 6. The first-order valence-electron chi connectivity index (χ1n) is 9.09. The Labute approximate surface area is 171 Å². The van der Waals surface area contributed by atoms with E-state index >= 15 is 0 Å². The number of rotatable bonds is 6. The van der Waals surface area contributed by atoms with Gasteiger partial charge < -0.3 is 14.2 Å². The lowest BCUT2D eigenvalue weighted by Gasteiger charge is -2.34. The fraction of sp³-hybridized carbons (Fsp3) is 0.368. The van der Waals surface area contributed by atoms with E-state index in [9.17, 15) is 0 Å². The summed E-state index contributed by atoms with van der Waals surface area (Å²) >= 11 is 3.44. The number of hydrogen-bond donors (Lipinski definition) is 0. The van der Waals surface area contributed by atoms with Crippen LogP contribution in [-0.2, 0) is 13.0 Å². The van der Waals surface area contributed by atoms with E-state index in [1.165, 1.54) is 0 Å². The second-order valence-corrected chi connectivity index (χ2v) is 7.51. The van der Waals surface area contributed by atoms with E-state index in [0.29, 0.717) is 24.7 Å². The molecular weight excluding hydrogens is 424 g/mol. The van der Waals surface area contributed by atoms with Crippen LogP contribution >= 0.6 is 15.9 Å². The minimum Gasteiger partial charge on any atom is -0.480 e. The van der Waals surface area contributed by atoms with E-state index in [1.807, 2.05) is 12.1 Å². The lowest BCUT2D eigenvalue weighted by molar-refractivity contribution is 0.239. The average molecular weight is 445 g/mol. The van der Waals surface area contributed by atoms with Gasteiger partial charge >= 0.3 is 0 Å². The summed E-state index contributed by atoms with van der Waals surface area (Å²) in [4.78, 5) is 17.7. The van der Waals surface area contributed by atoms with Gasteiger partial charge in [0, 0.05) is 30.7 Å². The van der Waals surface area contributed by atoms with Crippen LogP contribution in [0.5, 0.6) is 5.88 Å². The zero-order chi connectivity index (χ0) is 19.3. The number of ether oxygens (including phenoxy) is 1. The second-order valence-electron chi connectivity index (χ2n) is 6.59. The summed E-state index contributed by atoms with van der Waals surface area (Å²) in [7, 11) is 1.60. The van der Waals surface area contributed by atoms with Crippen LogP contribution in [0.1, 0.15) is 17.3 Å². The number of anilines is 1. The molecule has 0 spiro atoms. The highest BCUT2D eigenvalue weighted by Crippen LogP contribution is 2.17. The summed E-state index contributed by atoms with van der Waals surface area (Å²) in [5.74, 6) is 2.74. The molecule has 3 heterocycles. The number of methoxy groups -OCH3 is 1. The zero-order valence-electron chi connectivity index (χ0n) is 15.6. The van der Waals surface area contributed by atoms with Gasteiger partial charge in [0.05, 0.1) is 32.5 Å². The van der Waals surface area contributed by atoms with Crippen molar-refractivity contribution in [2.24, 2.45) is 0 Å². The smallest absolute Gasteiger partial charge is 0.233 e. The summed E-state index contributed by atoms with van der Waals surface area (Å²) in [6, 6.07) is 8.13. The Hall–Kier alpha value is -2.52. The predicted molar refractivity (Wildman–Crippen MR) is 107 cm³/mol. The van der Waals surface area contributed by atoms with Crippen LogP contribution < -0.4 is 9.64 Å². The van der Waals surface area contributed by atoms with Gasteiger partial charge in [0.2, 0.25) is 11.8 Å². The minimum atomic E-state index is 0.532. The largest absolute Gasteiger partial charge is 0.480 e. The molecule has 1 fully saturated rings. The van der Waals surface area contributed by atoms with Crippen LogP contribution in [0.3, 0.4) is 0 Å². The SMILES string of the molecule is COc1cncc(N2CCN(Cc3noc(Cc4ccc(Br)cc4)n3)CC2)n1. The van der Waals surface area contributed by atoms with E-state index in [-0.39, 0.29) is 0 Å². The maximum Gasteiger partial charge on any atom is 0.233 e. The molecular formula is C19H21BrN6O2. The van der Waals surface area contributed by atoms with Crippen molar-refractivity contribution in [2.45, 2.75) is 13.0 Å². The van der Waals surface area contributed by atoms with Gasteiger partial charge in [-0.3, -0.25) is 9.88 Å². The Morgan fingerprint density at radius 1 is 1.07 bits per heavy atom. The Bertz CT molecular complexity index is 909. The van der Waals surface area contributed by atoms with E-state index < -0.39 is 0 Å². The maximum atomic E-state index is 5.41. The van der Waals surface area contributed by atoms with Crippen LogP contribution in [0.2, 0.25) is 0 Å². The Morgan fingerprint density at radius 2 is 1.86 bits per heavy atom. The van der Waals surface area contributed by atoms with Crippen molar-refractivity contribution in [2.75, 3.05) is 38.2 Å². The number of piperazine rings is 1. The molecule has 9 heteroatoms. The molecule has 1 aliphatic heterocycles. The van der Waals surface area contributed by atoms with Gasteiger partial charge in [-0.1, -0.05) is 33.2 Å². The zero-order valence-corrected chi connectivity index (χ0v) is 17.2. The number of aromatic nitrogens is 4. The molecule has 0 radical (unpaired) electrons. The van der Waals surface area contributed by atoms with E-state index in [0.717, 1.165) is 47.9 Å². The van der Waals surface area contributed by atoms with Crippen molar-refractivity contribution < 1.29 is 9.26 Å². The number of hydrogen-bond acceptors (Lipinski definition) is 8. The van der Waals surface area contributed by atoms with Crippen molar-refractivity contribution in [3.05, 3.63) is 58.4 Å². The van der Waals surface area contributed by atoms with Crippen LogP contribution in [0, 0.1) is 0 Å². The van der Waals surface area contributed by atoms with Gasteiger partial charge in [0.1, 0.15) is 0 Å². The monoisotopic (exact) mass is 444 g/mol. The molecule has 0 bridgehead atoms. The van der Waals surface area contributed by atoms with Crippen molar-refractivity contribution in [1.82, 2.24) is 25.0 Å². The Kier molecular flexibility index (Phi) is 5.82. The number of benzene rings is 1. The van der Waals surface area contributed by atoms with Gasteiger partial charge in [-0.2, -0.15) is 9.97 Å². The number of halogens is 1. The quantitative estimate of drug-likeness (QED) is 0.573. The molecule has 8 nitrogen and oxygen atoms in total. The predicted octanol–water partition coefficient (Wildman–Crippen LogP) is 2.54. The van der Waals surface area contributed by atoms with Crippen LogP contribution in [0.25, 0.3) is 0 Å². The van der Waals surface area contributed by atoms with E-state index in [4.69, 9.17) is 9.26 Å². The molecule has 4 rings (SSSR count). The average Bonchev–Trinajstić information content (AvgIpc) is 3.17. The van der Waals surface area contributed by atoms with E-state index in [2.05, 4.69) is 58.0 Å². The lowest BCUT2D eigenvalue weighted by atomic mass is 10.1. The molecule has 0 unspecified atom stereocenters. The van der Waals surface area contributed by atoms with Crippen molar-refractivity contribution in [1.29, 1.82) is 0 Å². The fourth-order valence-corrected chi connectivity index (χ4v) is 3.39. The molecule has 1 aliphatic rings. The Balaban J connectivity index is 1.30. The topological polar surface area (TPSA) is 80.4 Å². The van der Waals surface area contributed by atoms with Gasteiger partial charge in [-0.05, 0) is 17.7 Å². The molecule has 1 saturated heterocycles. The van der Waals surface area contributed by atoms with Gasteiger partial charge in [-0.15, -0.1) is 0 Å². The fourth-order valence-electron chi connectivity index (χ4n) is 3.13. The highest BCUT2D eigenvalue weighted by atomic mass is 79.9. The summed E-state index contributed by atoms with van der Waals surface area (Å²) in [5, 5.41) is 4.13. The highest BCUT2D eigenvalue weighted by Gasteiger charge is 2.20. The minimum absolute atomic E-state index is 0.532. The van der Waals surface area contributed by atoms with E-state index in [1.54, 1.807) is 19.5 Å². The first kappa shape index (κ1) is 18.8. The van der Waals surface area contributed by atoms with Gasteiger partial charge in [-0.25, -0.2) is 0 Å². The summed E-state index contributed by atoms with van der Waals surface area (Å²) in [5.41, 5.74) is 1.14. The summed E-state index contributed by atoms with van der Waals surface area (Å²) < 4.78 is 11.6. The molecule has 0 atom stereocenters. The molecule has 0 saturated carbocycles. The molecule has 0 N–H and O–H groups in total. The normalized spacial score (nSPS) is 15.0. The third-order valence-electron chi connectivity index (χ3n) is 4.65. The van der Waals surface area contributed by atoms with Crippen LogP contribution in [-0.4, -0.2) is 58.3 Å². The summed E-state index contributed by atoms with van der Waals surface area (Å²) in [6.45, 7) is 4.21. The van der Waals surface area contributed by atoms with Gasteiger partial charge in [0.15, 0.2) is 11.6 Å². The van der Waals surface area contributed by atoms with Crippen molar-refractivity contribution >= 4 is 21.7 Å². The molecule has 1 aromatic carbocycles. The van der Waals surface area contributed by atoms with Crippen LogP contribution in [0.15, 0.2) is 45.7 Å². The summed E-state index contributed by atoms with van der Waals surface area (Å²) in [6.07, 6.45) is 4.02. The molecule has 3 aromatic rings. The first-order valence-corrected chi connectivity index (χ1v) is 9.88. The third-order valence-corrected chi connectivity index (χ3v) is 5.18.